The number of carbonyl (C=O) groups excluding carboxylic acids is 2. The Bertz CT molecular complexity index is 1140. The summed E-state index contributed by atoms with van der Waals surface area (Å²) in [6, 6.07) is 11.7. The van der Waals surface area contributed by atoms with E-state index in [0.29, 0.717) is 0 Å². The van der Waals surface area contributed by atoms with Crippen molar-refractivity contribution in [1.82, 2.24) is 0 Å². The van der Waals surface area contributed by atoms with Crippen molar-refractivity contribution in [2.24, 2.45) is 0 Å². The quantitative estimate of drug-likeness (QED) is 0.629. The highest BCUT2D eigenvalue weighted by molar-refractivity contribution is 5.97. The lowest BCUT2D eigenvalue weighted by molar-refractivity contribution is -0.274. The van der Waals surface area contributed by atoms with Crippen LogP contribution in [-0.2, 0) is 9.53 Å². The average molecular weight is 421 g/mol. The van der Waals surface area contributed by atoms with Gasteiger partial charge in [0.25, 0.3) is 5.91 Å². The number of alkyl halides is 3. The first-order valence-corrected chi connectivity index (χ1v) is 8.53. The fraction of sp³-hybridized carbons (Fsp3) is 0.150. The van der Waals surface area contributed by atoms with Gasteiger partial charge in [0, 0.05) is 11.8 Å². The zero-order valence-electron chi connectivity index (χ0n) is 15.4. The highest BCUT2D eigenvalue weighted by atomic mass is 19.4. The van der Waals surface area contributed by atoms with Crippen LogP contribution in [0, 0.1) is 0 Å². The maximum absolute atomic E-state index is 12.2. The second-order valence-electron chi connectivity index (χ2n) is 6.08. The maximum atomic E-state index is 12.2. The van der Waals surface area contributed by atoms with Crippen molar-refractivity contribution in [3.8, 4) is 5.75 Å². The van der Waals surface area contributed by atoms with Gasteiger partial charge in [-0.05, 0) is 43.3 Å². The summed E-state index contributed by atoms with van der Waals surface area (Å²) in [5, 5.41) is 2.67. The highest BCUT2D eigenvalue weighted by Crippen LogP contribution is 2.24. The van der Waals surface area contributed by atoms with Gasteiger partial charge in [-0.1, -0.05) is 12.1 Å². The minimum Gasteiger partial charge on any atom is -0.449 e. The Kier molecular flexibility index (Phi) is 5.77. The fourth-order valence-electron chi connectivity index (χ4n) is 2.46. The number of anilines is 1. The van der Waals surface area contributed by atoms with Gasteiger partial charge in [0.2, 0.25) is 5.76 Å². The first kappa shape index (κ1) is 20.9. The van der Waals surface area contributed by atoms with Crippen LogP contribution in [-0.4, -0.2) is 24.3 Å². The number of hydrogen-bond donors (Lipinski definition) is 1. The van der Waals surface area contributed by atoms with Gasteiger partial charge in [-0.3, -0.25) is 9.59 Å². The Morgan fingerprint density at radius 3 is 2.40 bits per heavy atom. The van der Waals surface area contributed by atoms with Crippen molar-refractivity contribution in [3.05, 3.63) is 70.6 Å². The smallest absolute Gasteiger partial charge is 0.449 e. The van der Waals surface area contributed by atoms with E-state index in [0.717, 1.165) is 18.2 Å². The number of nitrogens with one attached hydrogen (secondary N) is 1. The largest absolute Gasteiger partial charge is 0.573 e. The van der Waals surface area contributed by atoms with Crippen molar-refractivity contribution in [2.75, 3.05) is 5.32 Å². The molecule has 7 nitrogen and oxygen atoms in total. The second kappa shape index (κ2) is 8.27. The lowest BCUT2D eigenvalue weighted by Crippen LogP contribution is -2.30. The molecule has 30 heavy (non-hydrogen) atoms. The zero-order chi connectivity index (χ0) is 21.9. The molecular formula is C20H14F3NO6. The van der Waals surface area contributed by atoms with E-state index in [1.807, 2.05) is 0 Å². The second-order valence-corrected chi connectivity index (χ2v) is 6.08. The van der Waals surface area contributed by atoms with Crippen molar-refractivity contribution in [2.45, 2.75) is 19.4 Å². The molecule has 1 atom stereocenters. The summed E-state index contributed by atoms with van der Waals surface area (Å²) in [6.07, 6.45) is -6.11. The van der Waals surface area contributed by atoms with Crippen LogP contribution < -0.4 is 15.5 Å². The van der Waals surface area contributed by atoms with E-state index in [1.54, 1.807) is 12.1 Å². The fourth-order valence-corrected chi connectivity index (χ4v) is 2.46. The molecule has 0 aliphatic rings. The molecule has 0 aliphatic heterocycles. The number of fused-ring (bicyclic) bond motifs is 1. The minimum absolute atomic E-state index is 0.162. The lowest BCUT2D eigenvalue weighted by Gasteiger charge is -2.14. The molecule has 0 bridgehead atoms. The Hall–Kier alpha value is -3.82. The summed E-state index contributed by atoms with van der Waals surface area (Å²) in [4.78, 5) is 36.5. The molecule has 0 radical (unpaired) electrons. The summed E-state index contributed by atoms with van der Waals surface area (Å²) in [6.45, 7) is 1.29. The summed E-state index contributed by atoms with van der Waals surface area (Å²) in [5.41, 5.74) is -0.0908. The summed E-state index contributed by atoms with van der Waals surface area (Å²) < 4.78 is 50.6. The number of benzene rings is 2. The predicted molar refractivity (Wildman–Crippen MR) is 99.1 cm³/mol. The monoisotopic (exact) mass is 421 g/mol. The molecular weight excluding hydrogens is 407 g/mol. The van der Waals surface area contributed by atoms with Crippen LogP contribution in [0.1, 0.15) is 17.5 Å². The number of rotatable bonds is 5. The van der Waals surface area contributed by atoms with E-state index in [2.05, 4.69) is 10.1 Å². The maximum Gasteiger partial charge on any atom is 0.573 e. The van der Waals surface area contributed by atoms with Crippen molar-refractivity contribution < 1.29 is 36.7 Å². The summed E-state index contributed by atoms with van der Waals surface area (Å²) >= 11 is 0. The average Bonchev–Trinajstić information content (AvgIpc) is 2.68. The third-order valence-corrected chi connectivity index (χ3v) is 3.84. The number of amides is 1. The van der Waals surface area contributed by atoms with E-state index >= 15 is 0 Å². The predicted octanol–water partition coefficient (Wildman–Crippen LogP) is 3.88. The first-order chi connectivity index (χ1) is 14.1. The van der Waals surface area contributed by atoms with E-state index < -0.39 is 35.5 Å². The van der Waals surface area contributed by atoms with Gasteiger partial charge in [-0.2, -0.15) is 0 Å². The Morgan fingerprint density at radius 1 is 1.07 bits per heavy atom. The third-order valence-electron chi connectivity index (χ3n) is 3.84. The van der Waals surface area contributed by atoms with Gasteiger partial charge in [-0.15, -0.1) is 13.2 Å². The number of carbonyl (C=O) groups is 2. The molecule has 0 fully saturated rings. The molecule has 10 heteroatoms. The number of hydrogen-bond acceptors (Lipinski definition) is 6. The molecule has 0 saturated heterocycles. The molecule has 1 heterocycles. The van der Waals surface area contributed by atoms with E-state index in [9.17, 15) is 27.6 Å². The number of ether oxygens (including phenoxy) is 2. The molecule has 156 valence electrons. The van der Waals surface area contributed by atoms with Crippen LogP contribution >= 0.6 is 0 Å². The van der Waals surface area contributed by atoms with E-state index in [4.69, 9.17) is 9.15 Å². The first-order valence-electron chi connectivity index (χ1n) is 8.53. The molecule has 2 aromatic carbocycles. The normalized spacial score (nSPS) is 12.3. The molecule has 3 rings (SSSR count). The van der Waals surface area contributed by atoms with Gasteiger partial charge in [0.05, 0.1) is 5.39 Å². The Labute approximate surface area is 167 Å². The van der Waals surface area contributed by atoms with Gasteiger partial charge in [0.15, 0.2) is 11.5 Å². The molecule has 0 spiro atoms. The Morgan fingerprint density at radius 2 is 1.73 bits per heavy atom. The molecule has 1 unspecified atom stereocenters. The highest BCUT2D eigenvalue weighted by Gasteiger charge is 2.31. The Balaban J connectivity index is 1.64. The van der Waals surface area contributed by atoms with Crippen LogP contribution in [0.25, 0.3) is 11.0 Å². The number of halogens is 3. The van der Waals surface area contributed by atoms with Crippen LogP contribution in [0.5, 0.6) is 5.75 Å². The lowest BCUT2D eigenvalue weighted by atomic mass is 10.2. The standard InChI is InChI=1S/C20H14F3NO6/c1-11(18(26)24-12-6-8-13(9-7-12)30-20(21,22)23)28-19(27)17-10-15(25)14-4-2-3-5-16(14)29-17/h2-11H,1H3,(H,24,26). The van der Waals surface area contributed by atoms with Crippen LogP contribution in [0.2, 0.25) is 0 Å². The van der Waals surface area contributed by atoms with Gasteiger partial charge < -0.3 is 19.2 Å². The van der Waals surface area contributed by atoms with E-state index in [1.165, 1.54) is 31.2 Å². The van der Waals surface area contributed by atoms with Crippen molar-refractivity contribution in [3.63, 3.8) is 0 Å². The van der Waals surface area contributed by atoms with Gasteiger partial charge >= 0.3 is 12.3 Å². The molecule has 3 aromatic rings. The topological polar surface area (TPSA) is 94.8 Å². The van der Waals surface area contributed by atoms with Crippen LogP contribution in [0.15, 0.2) is 63.8 Å². The molecule has 1 amide bonds. The summed E-state index contributed by atoms with van der Waals surface area (Å²) in [7, 11) is 0. The summed E-state index contributed by atoms with van der Waals surface area (Å²) in [5.74, 6) is -2.58. The minimum atomic E-state index is -4.83. The molecule has 0 aliphatic carbocycles. The van der Waals surface area contributed by atoms with Crippen LogP contribution in [0.4, 0.5) is 18.9 Å². The molecule has 1 aromatic heterocycles. The van der Waals surface area contributed by atoms with Crippen molar-refractivity contribution >= 4 is 28.5 Å². The molecule has 0 saturated carbocycles. The number of para-hydroxylation sites is 1. The molecule has 1 N–H and O–H groups in total. The van der Waals surface area contributed by atoms with Crippen molar-refractivity contribution in [1.29, 1.82) is 0 Å². The van der Waals surface area contributed by atoms with Crippen LogP contribution in [0.3, 0.4) is 0 Å². The third kappa shape index (κ3) is 5.16. The SMILES string of the molecule is CC(OC(=O)c1cc(=O)c2ccccc2o1)C(=O)Nc1ccc(OC(F)(F)F)cc1. The van der Waals surface area contributed by atoms with Gasteiger partial charge in [-0.25, -0.2) is 4.79 Å². The van der Waals surface area contributed by atoms with Gasteiger partial charge in [0.1, 0.15) is 11.3 Å². The zero-order valence-corrected chi connectivity index (χ0v) is 15.4. The van der Waals surface area contributed by atoms with E-state index in [-0.39, 0.29) is 22.4 Å². The number of esters is 1.